The number of thioether (sulfide) groups is 1. The number of amides is 2. The number of nitrogens with zero attached hydrogens (tertiary/aromatic N) is 2. The largest absolute Gasteiger partial charge is 0.370 e. The van der Waals surface area contributed by atoms with Gasteiger partial charge in [0, 0.05) is 56.3 Å². The molecule has 5 nitrogen and oxygen atoms in total. The van der Waals surface area contributed by atoms with Crippen LogP contribution in [0.4, 0.5) is 5.69 Å². The van der Waals surface area contributed by atoms with Crippen molar-refractivity contribution in [2.24, 2.45) is 5.92 Å². The standard InChI is InChI=1S/C20H29N3O2S/c1-2-19(24)23-9-3-4-17(15-23)20(25)21-14-16-5-7-18(8-6-16)22-10-12-26-13-11-22/h5-8,17H,2-4,9-15H2,1H3,(H,21,25). The minimum absolute atomic E-state index is 0.0655. The summed E-state index contributed by atoms with van der Waals surface area (Å²) in [6.07, 6.45) is 2.29. The molecule has 2 aliphatic heterocycles. The molecule has 1 N–H and O–H groups in total. The van der Waals surface area contributed by atoms with E-state index in [2.05, 4.69) is 34.5 Å². The smallest absolute Gasteiger partial charge is 0.225 e. The molecule has 0 aliphatic carbocycles. The highest BCUT2D eigenvalue weighted by atomic mass is 32.2. The normalized spacial score (nSPS) is 20.7. The molecule has 2 amide bonds. The van der Waals surface area contributed by atoms with Crippen molar-refractivity contribution in [3.8, 4) is 0 Å². The van der Waals surface area contributed by atoms with Crippen LogP contribution in [-0.4, -0.2) is 54.4 Å². The van der Waals surface area contributed by atoms with E-state index in [9.17, 15) is 9.59 Å². The number of hydrogen-bond acceptors (Lipinski definition) is 4. The monoisotopic (exact) mass is 375 g/mol. The van der Waals surface area contributed by atoms with Crippen LogP contribution in [-0.2, 0) is 16.1 Å². The summed E-state index contributed by atoms with van der Waals surface area (Å²) in [5.74, 6) is 2.52. The number of carbonyl (C=O) groups excluding carboxylic acids is 2. The second kappa shape index (κ2) is 9.31. The summed E-state index contributed by atoms with van der Waals surface area (Å²) in [4.78, 5) is 28.6. The highest BCUT2D eigenvalue weighted by Gasteiger charge is 2.27. The summed E-state index contributed by atoms with van der Waals surface area (Å²) in [5.41, 5.74) is 2.38. The quantitative estimate of drug-likeness (QED) is 0.859. The summed E-state index contributed by atoms with van der Waals surface area (Å²) in [7, 11) is 0. The highest BCUT2D eigenvalue weighted by molar-refractivity contribution is 7.99. The van der Waals surface area contributed by atoms with Crippen LogP contribution in [0.3, 0.4) is 0 Å². The molecular formula is C20H29N3O2S. The van der Waals surface area contributed by atoms with Gasteiger partial charge in [0.05, 0.1) is 5.92 Å². The van der Waals surface area contributed by atoms with Gasteiger partial charge >= 0.3 is 0 Å². The lowest BCUT2D eigenvalue weighted by molar-refractivity contribution is -0.135. The number of likely N-dealkylation sites (tertiary alicyclic amines) is 1. The lowest BCUT2D eigenvalue weighted by atomic mass is 9.96. The van der Waals surface area contributed by atoms with Gasteiger partial charge in [-0.05, 0) is 30.5 Å². The minimum atomic E-state index is -0.0793. The average molecular weight is 376 g/mol. The topological polar surface area (TPSA) is 52.7 Å². The maximum atomic E-state index is 12.5. The maximum absolute atomic E-state index is 12.5. The van der Waals surface area contributed by atoms with Crippen molar-refractivity contribution in [2.45, 2.75) is 32.7 Å². The van der Waals surface area contributed by atoms with Crippen LogP contribution in [0.15, 0.2) is 24.3 Å². The van der Waals surface area contributed by atoms with Gasteiger partial charge in [0.25, 0.3) is 0 Å². The van der Waals surface area contributed by atoms with Crippen LogP contribution in [0.1, 0.15) is 31.7 Å². The third kappa shape index (κ3) is 4.93. The number of nitrogens with one attached hydrogen (secondary N) is 1. The number of carbonyl (C=O) groups is 2. The first kappa shape index (κ1) is 19.1. The van der Waals surface area contributed by atoms with E-state index in [0.717, 1.165) is 38.0 Å². The summed E-state index contributed by atoms with van der Waals surface area (Å²) >= 11 is 2.01. The van der Waals surface area contributed by atoms with Gasteiger partial charge in [-0.25, -0.2) is 0 Å². The van der Waals surface area contributed by atoms with Crippen LogP contribution in [0.25, 0.3) is 0 Å². The van der Waals surface area contributed by atoms with E-state index >= 15 is 0 Å². The minimum Gasteiger partial charge on any atom is -0.370 e. The third-order valence-corrected chi connectivity index (χ3v) is 6.17. The zero-order valence-electron chi connectivity index (χ0n) is 15.6. The molecule has 1 unspecified atom stereocenters. The Bertz CT molecular complexity index is 614. The Morgan fingerprint density at radius 1 is 1.15 bits per heavy atom. The first-order valence-corrected chi connectivity index (χ1v) is 10.8. The van der Waals surface area contributed by atoms with E-state index in [0.29, 0.717) is 19.5 Å². The van der Waals surface area contributed by atoms with Crippen LogP contribution in [0.5, 0.6) is 0 Å². The van der Waals surface area contributed by atoms with Gasteiger partial charge in [0.1, 0.15) is 0 Å². The molecule has 2 fully saturated rings. The molecule has 26 heavy (non-hydrogen) atoms. The zero-order chi connectivity index (χ0) is 18.4. The molecular weight excluding hydrogens is 346 g/mol. The number of anilines is 1. The van der Waals surface area contributed by atoms with Gasteiger partial charge in [-0.2, -0.15) is 11.8 Å². The zero-order valence-corrected chi connectivity index (χ0v) is 16.4. The summed E-state index contributed by atoms with van der Waals surface area (Å²) in [6.45, 7) is 5.98. The molecule has 142 valence electrons. The second-order valence-electron chi connectivity index (χ2n) is 7.02. The molecule has 3 rings (SSSR count). The Morgan fingerprint density at radius 3 is 2.58 bits per heavy atom. The summed E-state index contributed by atoms with van der Waals surface area (Å²) in [6, 6.07) is 8.51. The van der Waals surface area contributed by atoms with Crippen LogP contribution >= 0.6 is 11.8 Å². The van der Waals surface area contributed by atoms with E-state index < -0.39 is 0 Å². The predicted molar refractivity (Wildman–Crippen MR) is 107 cm³/mol. The molecule has 0 radical (unpaired) electrons. The Kier molecular flexibility index (Phi) is 6.83. The Hall–Kier alpha value is -1.69. The third-order valence-electron chi connectivity index (χ3n) is 5.23. The molecule has 6 heteroatoms. The van der Waals surface area contributed by atoms with Crippen molar-refractivity contribution >= 4 is 29.3 Å². The molecule has 0 bridgehead atoms. The fraction of sp³-hybridized carbons (Fsp3) is 0.600. The van der Waals surface area contributed by atoms with Crippen molar-refractivity contribution in [1.29, 1.82) is 0 Å². The molecule has 2 heterocycles. The highest BCUT2D eigenvalue weighted by Crippen LogP contribution is 2.20. The molecule has 1 atom stereocenters. The molecule has 0 aromatic heterocycles. The van der Waals surface area contributed by atoms with Crippen LogP contribution < -0.4 is 10.2 Å². The van der Waals surface area contributed by atoms with Gasteiger partial charge in [-0.1, -0.05) is 19.1 Å². The van der Waals surface area contributed by atoms with Crippen molar-refractivity contribution in [3.05, 3.63) is 29.8 Å². The maximum Gasteiger partial charge on any atom is 0.225 e. The number of rotatable bonds is 5. The molecule has 1 aromatic rings. The number of hydrogen-bond donors (Lipinski definition) is 1. The molecule has 2 saturated heterocycles. The van der Waals surface area contributed by atoms with Gasteiger partial charge < -0.3 is 15.1 Å². The second-order valence-corrected chi connectivity index (χ2v) is 8.24. The summed E-state index contributed by atoms with van der Waals surface area (Å²) < 4.78 is 0. The van der Waals surface area contributed by atoms with Crippen molar-refractivity contribution < 1.29 is 9.59 Å². The fourth-order valence-corrected chi connectivity index (χ4v) is 4.52. The van der Waals surface area contributed by atoms with Crippen LogP contribution in [0.2, 0.25) is 0 Å². The fourth-order valence-electron chi connectivity index (χ4n) is 3.62. The number of piperidine rings is 1. The SMILES string of the molecule is CCC(=O)N1CCCC(C(=O)NCc2ccc(N3CCSCC3)cc2)C1. The summed E-state index contributed by atoms with van der Waals surface area (Å²) in [5, 5.41) is 3.05. The molecule has 2 aliphatic rings. The first-order chi connectivity index (χ1) is 12.7. The molecule has 0 spiro atoms. The Labute approximate surface area is 160 Å². The number of benzene rings is 1. The van der Waals surface area contributed by atoms with Gasteiger partial charge in [-0.15, -0.1) is 0 Å². The van der Waals surface area contributed by atoms with Crippen molar-refractivity contribution in [2.75, 3.05) is 42.6 Å². The van der Waals surface area contributed by atoms with Gasteiger partial charge in [0.15, 0.2) is 0 Å². The van der Waals surface area contributed by atoms with Gasteiger partial charge in [-0.3, -0.25) is 9.59 Å². The van der Waals surface area contributed by atoms with Crippen LogP contribution in [0, 0.1) is 5.92 Å². The first-order valence-electron chi connectivity index (χ1n) is 9.64. The molecule has 0 saturated carbocycles. The van der Waals surface area contributed by atoms with Crippen molar-refractivity contribution in [1.82, 2.24) is 10.2 Å². The van der Waals surface area contributed by atoms with Crippen molar-refractivity contribution in [3.63, 3.8) is 0 Å². The lowest BCUT2D eigenvalue weighted by Crippen LogP contribution is -2.45. The van der Waals surface area contributed by atoms with Gasteiger partial charge in [0.2, 0.25) is 11.8 Å². The average Bonchev–Trinajstić information content (AvgIpc) is 2.72. The van der Waals surface area contributed by atoms with E-state index in [1.54, 1.807) is 0 Å². The lowest BCUT2D eigenvalue weighted by Gasteiger charge is -2.32. The molecule has 1 aromatic carbocycles. The van der Waals surface area contributed by atoms with E-state index in [-0.39, 0.29) is 17.7 Å². The Morgan fingerprint density at radius 2 is 1.88 bits per heavy atom. The Balaban J connectivity index is 1.48. The van der Waals surface area contributed by atoms with E-state index in [1.165, 1.54) is 17.2 Å². The van der Waals surface area contributed by atoms with E-state index in [1.807, 2.05) is 23.6 Å². The van der Waals surface area contributed by atoms with E-state index in [4.69, 9.17) is 0 Å². The predicted octanol–water partition coefficient (Wildman–Crippen LogP) is 2.50.